The van der Waals surface area contributed by atoms with Crippen LogP contribution in [0.5, 0.6) is 0 Å². The summed E-state index contributed by atoms with van der Waals surface area (Å²) in [5, 5.41) is 18.1. The van der Waals surface area contributed by atoms with E-state index in [0.29, 0.717) is 25.4 Å². The van der Waals surface area contributed by atoms with Crippen LogP contribution in [0.15, 0.2) is 36.5 Å². The maximum atomic E-state index is 9.13. The maximum absolute atomic E-state index is 9.13. The van der Waals surface area contributed by atoms with Crippen LogP contribution in [-0.2, 0) is 4.74 Å². The third-order valence-corrected chi connectivity index (χ3v) is 4.64. The van der Waals surface area contributed by atoms with Gasteiger partial charge in [0, 0.05) is 18.3 Å². The van der Waals surface area contributed by atoms with E-state index in [2.05, 4.69) is 27.1 Å². The minimum atomic E-state index is 0.0452. The summed E-state index contributed by atoms with van der Waals surface area (Å²) >= 11 is 0. The lowest BCUT2D eigenvalue weighted by Crippen LogP contribution is -2.51. The number of ether oxygens (including phenoxy) is 1. The molecule has 0 saturated carbocycles. The molecule has 2 atom stereocenters. The molecule has 0 N–H and O–H groups in total. The Kier molecular flexibility index (Phi) is 3.93. The molecule has 2 aromatic rings. The van der Waals surface area contributed by atoms with Crippen LogP contribution in [0, 0.1) is 22.8 Å². The Morgan fingerprint density at radius 3 is 2.84 bits per heavy atom. The van der Waals surface area contributed by atoms with Crippen LogP contribution in [0.3, 0.4) is 0 Å². The molecule has 0 aromatic carbocycles. The lowest BCUT2D eigenvalue weighted by atomic mass is 10.1. The highest BCUT2D eigenvalue weighted by atomic mass is 16.5. The molecule has 7 nitrogen and oxygen atoms in total. The molecular formula is C18H16N6O. The SMILES string of the molecule is N#Cc1cccc(-c2ccc(N3CCO[C@@H]4CN(C#N)C[C@@H]43)nc2)n1. The number of nitrogens with zero attached hydrogens (tertiary/aromatic N) is 6. The molecule has 2 aliphatic heterocycles. The molecule has 0 spiro atoms. The summed E-state index contributed by atoms with van der Waals surface area (Å²) < 4.78 is 5.80. The number of likely N-dealkylation sites (tertiary alicyclic amines) is 1. The van der Waals surface area contributed by atoms with Gasteiger partial charge in [0.1, 0.15) is 17.6 Å². The van der Waals surface area contributed by atoms with E-state index in [1.165, 1.54) is 0 Å². The van der Waals surface area contributed by atoms with Crippen molar-refractivity contribution in [2.75, 3.05) is 31.1 Å². The molecule has 2 aliphatic rings. The zero-order valence-electron chi connectivity index (χ0n) is 13.5. The third kappa shape index (κ3) is 2.86. The predicted octanol–water partition coefficient (Wildman–Crippen LogP) is 1.39. The van der Waals surface area contributed by atoms with Crippen LogP contribution in [0.25, 0.3) is 11.3 Å². The molecule has 4 rings (SSSR count). The first kappa shape index (κ1) is 15.4. The number of fused-ring (bicyclic) bond motifs is 1. The minimum absolute atomic E-state index is 0.0452. The summed E-state index contributed by atoms with van der Waals surface area (Å²) in [6.07, 6.45) is 4.03. The number of rotatable bonds is 2. The smallest absolute Gasteiger partial charge is 0.179 e. The first-order valence-corrected chi connectivity index (χ1v) is 8.15. The Morgan fingerprint density at radius 1 is 1.16 bits per heavy atom. The van der Waals surface area contributed by atoms with Crippen molar-refractivity contribution in [3.05, 3.63) is 42.2 Å². The molecule has 0 radical (unpaired) electrons. The molecule has 2 saturated heterocycles. The molecule has 7 heteroatoms. The Morgan fingerprint density at radius 2 is 2.08 bits per heavy atom. The second kappa shape index (κ2) is 6.39. The summed E-state index contributed by atoms with van der Waals surface area (Å²) in [5.74, 6) is 0.873. The quantitative estimate of drug-likeness (QED) is 0.768. The number of aromatic nitrogens is 2. The first-order valence-electron chi connectivity index (χ1n) is 8.15. The maximum Gasteiger partial charge on any atom is 0.179 e. The van der Waals surface area contributed by atoms with Gasteiger partial charge < -0.3 is 14.5 Å². The van der Waals surface area contributed by atoms with Gasteiger partial charge in [-0.1, -0.05) is 6.07 Å². The fourth-order valence-electron chi connectivity index (χ4n) is 3.42. The van der Waals surface area contributed by atoms with Crippen LogP contribution in [-0.4, -0.2) is 53.3 Å². The Labute approximate surface area is 145 Å². The number of pyridine rings is 2. The lowest BCUT2D eigenvalue weighted by molar-refractivity contribution is 0.0323. The van der Waals surface area contributed by atoms with E-state index in [4.69, 9.17) is 15.3 Å². The molecule has 4 heterocycles. The second-order valence-corrected chi connectivity index (χ2v) is 6.10. The van der Waals surface area contributed by atoms with Crippen LogP contribution in [0.2, 0.25) is 0 Å². The number of morpholine rings is 1. The highest BCUT2D eigenvalue weighted by Gasteiger charge is 2.40. The van der Waals surface area contributed by atoms with Gasteiger partial charge in [0.25, 0.3) is 0 Å². The summed E-state index contributed by atoms with van der Waals surface area (Å²) in [4.78, 5) is 12.8. The van der Waals surface area contributed by atoms with Gasteiger partial charge in [-0.2, -0.15) is 10.5 Å². The van der Waals surface area contributed by atoms with Crippen molar-refractivity contribution >= 4 is 5.82 Å². The van der Waals surface area contributed by atoms with Crippen LogP contribution in [0.4, 0.5) is 5.82 Å². The molecule has 0 amide bonds. The molecular weight excluding hydrogens is 316 g/mol. The van der Waals surface area contributed by atoms with Crippen LogP contribution < -0.4 is 4.90 Å². The van der Waals surface area contributed by atoms with Gasteiger partial charge in [-0.3, -0.25) is 0 Å². The standard InChI is InChI=1S/C18H16N6O/c19-8-14-2-1-3-15(22-14)13-4-5-18(21-9-13)24-6-7-25-17-11-23(12-20)10-16(17)24/h1-5,9,16-17H,6-7,10-11H2/t16-,17+/m0/s1. The molecule has 25 heavy (non-hydrogen) atoms. The van der Waals surface area contributed by atoms with Crippen molar-refractivity contribution in [1.82, 2.24) is 14.9 Å². The second-order valence-electron chi connectivity index (χ2n) is 6.10. The van der Waals surface area contributed by atoms with Gasteiger partial charge in [-0.25, -0.2) is 9.97 Å². The molecule has 0 aliphatic carbocycles. The van der Waals surface area contributed by atoms with Crippen LogP contribution in [0.1, 0.15) is 5.69 Å². The molecule has 2 aromatic heterocycles. The van der Waals surface area contributed by atoms with Gasteiger partial charge in [-0.05, 0) is 24.3 Å². The summed E-state index contributed by atoms with van der Waals surface area (Å²) in [5.41, 5.74) is 1.99. The Balaban J connectivity index is 1.58. The number of anilines is 1. The van der Waals surface area contributed by atoms with Crippen molar-refractivity contribution < 1.29 is 4.74 Å². The Bertz CT molecular complexity index is 853. The van der Waals surface area contributed by atoms with Gasteiger partial charge in [-0.15, -0.1) is 0 Å². The highest BCUT2D eigenvalue weighted by molar-refractivity contribution is 5.60. The van der Waals surface area contributed by atoms with Crippen molar-refractivity contribution in [2.45, 2.75) is 12.1 Å². The predicted molar refractivity (Wildman–Crippen MR) is 90.2 cm³/mol. The number of hydrogen-bond acceptors (Lipinski definition) is 7. The van der Waals surface area contributed by atoms with Crippen LogP contribution >= 0.6 is 0 Å². The average Bonchev–Trinajstić information content (AvgIpc) is 3.11. The first-order chi connectivity index (χ1) is 12.3. The minimum Gasteiger partial charge on any atom is -0.372 e. The van der Waals surface area contributed by atoms with Crippen molar-refractivity contribution in [2.24, 2.45) is 0 Å². The van der Waals surface area contributed by atoms with Gasteiger partial charge in [0.2, 0.25) is 0 Å². The van der Waals surface area contributed by atoms with Crippen molar-refractivity contribution in [1.29, 1.82) is 10.5 Å². The van der Waals surface area contributed by atoms with E-state index in [1.54, 1.807) is 17.2 Å². The number of nitriles is 2. The average molecular weight is 332 g/mol. The zero-order valence-corrected chi connectivity index (χ0v) is 13.5. The van der Waals surface area contributed by atoms with E-state index in [0.717, 1.165) is 23.6 Å². The largest absolute Gasteiger partial charge is 0.372 e. The van der Waals surface area contributed by atoms with E-state index in [9.17, 15) is 0 Å². The van der Waals surface area contributed by atoms with E-state index in [-0.39, 0.29) is 12.1 Å². The Hall–Kier alpha value is -3.16. The van der Waals surface area contributed by atoms with E-state index in [1.807, 2.05) is 24.3 Å². The summed E-state index contributed by atoms with van der Waals surface area (Å²) in [7, 11) is 0. The van der Waals surface area contributed by atoms with E-state index >= 15 is 0 Å². The summed E-state index contributed by atoms with van der Waals surface area (Å²) in [6, 6.07) is 11.5. The molecule has 0 unspecified atom stereocenters. The zero-order chi connectivity index (χ0) is 17.2. The topological polar surface area (TPSA) is 89.1 Å². The highest BCUT2D eigenvalue weighted by Crippen LogP contribution is 2.27. The summed E-state index contributed by atoms with van der Waals surface area (Å²) in [6.45, 7) is 2.70. The van der Waals surface area contributed by atoms with E-state index < -0.39 is 0 Å². The fourth-order valence-corrected chi connectivity index (χ4v) is 3.42. The lowest BCUT2D eigenvalue weighted by Gasteiger charge is -2.37. The molecule has 2 fully saturated rings. The van der Waals surface area contributed by atoms with Gasteiger partial charge >= 0.3 is 0 Å². The molecule has 0 bridgehead atoms. The van der Waals surface area contributed by atoms with Gasteiger partial charge in [0.15, 0.2) is 6.19 Å². The van der Waals surface area contributed by atoms with Crippen molar-refractivity contribution in [3.63, 3.8) is 0 Å². The number of hydrogen-bond donors (Lipinski definition) is 0. The third-order valence-electron chi connectivity index (χ3n) is 4.64. The van der Waals surface area contributed by atoms with Crippen molar-refractivity contribution in [3.8, 4) is 23.5 Å². The molecule has 124 valence electrons. The fraction of sp³-hybridized carbons (Fsp3) is 0.333. The monoisotopic (exact) mass is 332 g/mol. The van der Waals surface area contributed by atoms with Gasteiger partial charge in [0.05, 0.1) is 37.5 Å². The normalized spacial score (nSPS) is 22.2.